The number of hydrogen-bond acceptors (Lipinski definition) is 1. The van der Waals surface area contributed by atoms with Crippen LogP contribution in [-0.2, 0) is 0 Å². The number of rotatable bonds is 6. The van der Waals surface area contributed by atoms with E-state index in [0.717, 1.165) is 36.0 Å². The molecule has 2 fully saturated rings. The second-order valence-electron chi connectivity index (χ2n) is 7.77. The van der Waals surface area contributed by atoms with Gasteiger partial charge in [-0.05, 0) is 61.7 Å². The van der Waals surface area contributed by atoms with E-state index in [4.69, 9.17) is 0 Å². The Hall–Kier alpha value is -0.0400. The maximum absolute atomic E-state index is 9.49. The zero-order valence-electron chi connectivity index (χ0n) is 13.8. The van der Waals surface area contributed by atoms with Crippen LogP contribution < -0.4 is 0 Å². The highest BCUT2D eigenvalue weighted by atomic mass is 16.3. The van der Waals surface area contributed by atoms with Gasteiger partial charge in [0.05, 0.1) is 0 Å². The Bertz CT molecular complexity index is 246. The van der Waals surface area contributed by atoms with Crippen LogP contribution in [0.4, 0.5) is 0 Å². The molecule has 2 aliphatic carbocycles. The fraction of sp³-hybridized carbons (Fsp3) is 1.00. The van der Waals surface area contributed by atoms with Crippen LogP contribution in [0.1, 0.15) is 84.5 Å². The van der Waals surface area contributed by atoms with Crippen molar-refractivity contribution < 1.29 is 5.11 Å². The van der Waals surface area contributed by atoms with Crippen LogP contribution in [-0.4, -0.2) is 11.7 Å². The van der Waals surface area contributed by atoms with E-state index in [1.54, 1.807) is 0 Å². The molecule has 2 aliphatic rings. The SMILES string of the molecule is CCCC1CCC(C(CCO)C2CCC(C)CC2)CC1. The van der Waals surface area contributed by atoms with Gasteiger partial charge in [0, 0.05) is 6.61 Å². The van der Waals surface area contributed by atoms with Gasteiger partial charge in [-0.3, -0.25) is 0 Å². The lowest BCUT2D eigenvalue weighted by Gasteiger charge is -2.40. The van der Waals surface area contributed by atoms with Crippen molar-refractivity contribution in [3.63, 3.8) is 0 Å². The Morgan fingerprint density at radius 2 is 1.45 bits per heavy atom. The van der Waals surface area contributed by atoms with E-state index in [0.29, 0.717) is 6.61 Å². The first kappa shape index (κ1) is 16.3. The Morgan fingerprint density at radius 3 is 1.95 bits per heavy atom. The molecule has 0 aromatic rings. The molecule has 20 heavy (non-hydrogen) atoms. The predicted molar refractivity (Wildman–Crippen MR) is 86.7 cm³/mol. The first-order chi connectivity index (χ1) is 9.74. The van der Waals surface area contributed by atoms with Crippen molar-refractivity contribution in [2.45, 2.75) is 84.5 Å². The van der Waals surface area contributed by atoms with Crippen LogP contribution in [0.3, 0.4) is 0 Å². The highest BCUT2D eigenvalue weighted by molar-refractivity contribution is 4.84. The second-order valence-corrected chi connectivity index (χ2v) is 7.77. The molecule has 0 aromatic carbocycles. The highest BCUT2D eigenvalue weighted by Gasteiger charge is 2.33. The van der Waals surface area contributed by atoms with Crippen molar-refractivity contribution in [3.8, 4) is 0 Å². The van der Waals surface area contributed by atoms with E-state index in [2.05, 4.69) is 13.8 Å². The zero-order chi connectivity index (χ0) is 14.4. The Morgan fingerprint density at radius 1 is 0.900 bits per heavy atom. The number of aliphatic hydroxyl groups excluding tert-OH is 1. The molecule has 2 saturated carbocycles. The molecule has 0 saturated heterocycles. The van der Waals surface area contributed by atoms with Crippen molar-refractivity contribution in [3.05, 3.63) is 0 Å². The molecule has 0 aliphatic heterocycles. The van der Waals surface area contributed by atoms with Gasteiger partial charge in [0.1, 0.15) is 0 Å². The quantitative estimate of drug-likeness (QED) is 0.689. The van der Waals surface area contributed by atoms with Crippen molar-refractivity contribution in [2.75, 3.05) is 6.61 Å². The van der Waals surface area contributed by atoms with E-state index in [-0.39, 0.29) is 0 Å². The van der Waals surface area contributed by atoms with Gasteiger partial charge in [-0.1, -0.05) is 52.4 Å². The van der Waals surface area contributed by atoms with Crippen LogP contribution in [0.15, 0.2) is 0 Å². The molecule has 1 N–H and O–H groups in total. The van der Waals surface area contributed by atoms with Crippen LogP contribution >= 0.6 is 0 Å². The second kappa shape index (κ2) is 8.41. The van der Waals surface area contributed by atoms with Crippen molar-refractivity contribution in [1.29, 1.82) is 0 Å². The van der Waals surface area contributed by atoms with Gasteiger partial charge in [0.2, 0.25) is 0 Å². The monoisotopic (exact) mass is 280 g/mol. The van der Waals surface area contributed by atoms with E-state index < -0.39 is 0 Å². The van der Waals surface area contributed by atoms with Gasteiger partial charge >= 0.3 is 0 Å². The lowest BCUT2D eigenvalue weighted by Crippen LogP contribution is -2.30. The first-order valence-electron chi connectivity index (χ1n) is 9.35. The maximum atomic E-state index is 9.49. The summed E-state index contributed by atoms with van der Waals surface area (Å²) in [5, 5.41) is 9.49. The molecule has 1 heteroatoms. The summed E-state index contributed by atoms with van der Waals surface area (Å²) >= 11 is 0. The van der Waals surface area contributed by atoms with Gasteiger partial charge in [-0.15, -0.1) is 0 Å². The lowest BCUT2D eigenvalue weighted by molar-refractivity contribution is 0.0890. The Labute approximate surface area is 126 Å². The predicted octanol–water partition coefficient (Wildman–Crippen LogP) is 5.42. The molecule has 0 radical (unpaired) electrons. The van der Waals surface area contributed by atoms with Crippen molar-refractivity contribution >= 4 is 0 Å². The van der Waals surface area contributed by atoms with Crippen LogP contribution in [0.25, 0.3) is 0 Å². The average molecular weight is 280 g/mol. The fourth-order valence-corrected chi connectivity index (χ4v) is 5.03. The van der Waals surface area contributed by atoms with E-state index in [1.807, 2.05) is 0 Å². The smallest absolute Gasteiger partial charge is 0.0433 e. The van der Waals surface area contributed by atoms with Gasteiger partial charge in [0.15, 0.2) is 0 Å². The third kappa shape index (κ3) is 4.48. The molecule has 0 bridgehead atoms. The molecule has 0 aromatic heterocycles. The summed E-state index contributed by atoms with van der Waals surface area (Å²) in [7, 11) is 0. The molecule has 1 nitrogen and oxygen atoms in total. The minimum Gasteiger partial charge on any atom is -0.396 e. The summed E-state index contributed by atoms with van der Waals surface area (Å²) in [6.45, 7) is 5.14. The summed E-state index contributed by atoms with van der Waals surface area (Å²) in [6, 6.07) is 0. The standard InChI is InChI=1S/C19H36O/c1-3-4-16-7-11-18(12-8-16)19(13-14-20)17-9-5-15(2)6-10-17/h15-20H,3-14H2,1-2H3. The largest absolute Gasteiger partial charge is 0.396 e. The van der Waals surface area contributed by atoms with E-state index >= 15 is 0 Å². The minimum absolute atomic E-state index is 0.408. The average Bonchev–Trinajstić information content (AvgIpc) is 2.47. The molecule has 0 heterocycles. The molecule has 1 atom stereocenters. The normalized spacial score (nSPS) is 36.8. The third-order valence-electron chi connectivity index (χ3n) is 6.32. The van der Waals surface area contributed by atoms with Gasteiger partial charge < -0.3 is 5.11 Å². The molecular formula is C19H36O. The Kier molecular flexibility index (Phi) is 6.87. The van der Waals surface area contributed by atoms with Gasteiger partial charge in [0.25, 0.3) is 0 Å². The number of hydrogen-bond donors (Lipinski definition) is 1. The van der Waals surface area contributed by atoms with Gasteiger partial charge in [-0.2, -0.15) is 0 Å². The lowest BCUT2D eigenvalue weighted by atomic mass is 9.65. The van der Waals surface area contributed by atoms with Crippen LogP contribution in [0.2, 0.25) is 0 Å². The van der Waals surface area contributed by atoms with E-state index in [9.17, 15) is 5.11 Å². The van der Waals surface area contributed by atoms with Crippen LogP contribution in [0.5, 0.6) is 0 Å². The molecule has 0 amide bonds. The van der Waals surface area contributed by atoms with Crippen molar-refractivity contribution in [2.24, 2.45) is 29.6 Å². The summed E-state index contributed by atoms with van der Waals surface area (Å²) < 4.78 is 0. The van der Waals surface area contributed by atoms with Gasteiger partial charge in [-0.25, -0.2) is 0 Å². The molecule has 0 spiro atoms. The summed E-state index contributed by atoms with van der Waals surface area (Å²) in [4.78, 5) is 0. The van der Waals surface area contributed by atoms with Crippen molar-refractivity contribution in [1.82, 2.24) is 0 Å². The molecule has 2 rings (SSSR count). The minimum atomic E-state index is 0.408. The van der Waals surface area contributed by atoms with E-state index in [1.165, 1.54) is 64.2 Å². The summed E-state index contributed by atoms with van der Waals surface area (Å²) in [5.74, 6) is 4.63. The first-order valence-corrected chi connectivity index (χ1v) is 9.35. The number of aliphatic hydroxyl groups is 1. The Balaban J connectivity index is 1.85. The summed E-state index contributed by atoms with van der Waals surface area (Å²) in [5.41, 5.74) is 0. The molecular weight excluding hydrogens is 244 g/mol. The highest BCUT2D eigenvalue weighted by Crippen LogP contribution is 2.44. The molecule has 1 unspecified atom stereocenters. The fourth-order valence-electron chi connectivity index (χ4n) is 5.03. The third-order valence-corrected chi connectivity index (χ3v) is 6.32. The summed E-state index contributed by atoms with van der Waals surface area (Å²) in [6.07, 6.45) is 15.4. The molecule has 118 valence electrons. The van der Waals surface area contributed by atoms with Crippen LogP contribution in [0, 0.1) is 29.6 Å². The maximum Gasteiger partial charge on any atom is 0.0433 e. The zero-order valence-corrected chi connectivity index (χ0v) is 13.8. The topological polar surface area (TPSA) is 20.2 Å².